The second-order valence-corrected chi connectivity index (χ2v) is 5.28. The molecule has 3 heteroatoms. The summed E-state index contributed by atoms with van der Waals surface area (Å²) in [5.41, 5.74) is 2.40. The van der Waals surface area contributed by atoms with Gasteiger partial charge >= 0.3 is 0 Å². The zero-order valence-electron chi connectivity index (χ0n) is 13.4. The SMILES string of the molecule is CCCOc1cccc(C(NCC)c2cc(C)oc2C)c1. The molecule has 0 bridgehead atoms. The van der Waals surface area contributed by atoms with E-state index < -0.39 is 0 Å². The molecule has 21 heavy (non-hydrogen) atoms. The van der Waals surface area contributed by atoms with Crippen LogP contribution in [0.2, 0.25) is 0 Å². The van der Waals surface area contributed by atoms with E-state index in [0.717, 1.165) is 36.8 Å². The number of ether oxygens (including phenoxy) is 1. The van der Waals surface area contributed by atoms with Gasteiger partial charge in [-0.25, -0.2) is 0 Å². The normalized spacial score (nSPS) is 12.4. The Hall–Kier alpha value is -1.74. The average molecular weight is 287 g/mol. The summed E-state index contributed by atoms with van der Waals surface area (Å²) in [7, 11) is 0. The van der Waals surface area contributed by atoms with Gasteiger partial charge in [0.2, 0.25) is 0 Å². The first-order valence-electron chi connectivity index (χ1n) is 7.68. The first-order valence-corrected chi connectivity index (χ1v) is 7.68. The first-order chi connectivity index (χ1) is 10.2. The van der Waals surface area contributed by atoms with E-state index in [0.29, 0.717) is 0 Å². The largest absolute Gasteiger partial charge is 0.494 e. The highest BCUT2D eigenvalue weighted by molar-refractivity contribution is 5.38. The van der Waals surface area contributed by atoms with Crippen LogP contribution in [-0.4, -0.2) is 13.2 Å². The Bertz CT molecular complexity index is 574. The summed E-state index contributed by atoms with van der Waals surface area (Å²) in [5.74, 6) is 2.84. The van der Waals surface area contributed by atoms with Crippen LogP contribution in [-0.2, 0) is 0 Å². The van der Waals surface area contributed by atoms with Crippen molar-refractivity contribution < 1.29 is 9.15 Å². The molecule has 0 radical (unpaired) electrons. The molecule has 0 aliphatic heterocycles. The van der Waals surface area contributed by atoms with Gasteiger partial charge < -0.3 is 14.5 Å². The Labute approximate surface area is 127 Å². The van der Waals surface area contributed by atoms with Crippen molar-refractivity contribution in [1.29, 1.82) is 0 Å². The van der Waals surface area contributed by atoms with Gasteiger partial charge in [0, 0.05) is 5.56 Å². The molecule has 114 valence electrons. The fraction of sp³-hybridized carbons (Fsp3) is 0.444. The minimum absolute atomic E-state index is 0.137. The van der Waals surface area contributed by atoms with Gasteiger partial charge in [0.15, 0.2) is 0 Å². The van der Waals surface area contributed by atoms with Crippen LogP contribution < -0.4 is 10.1 Å². The lowest BCUT2D eigenvalue weighted by Crippen LogP contribution is -2.22. The standard InChI is InChI=1S/C18H25NO2/c1-5-10-20-16-9-7-8-15(12-16)18(19-6-2)17-11-13(3)21-14(17)4/h7-9,11-12,18-19H,5-6,10H2,1-4H3. The summed E-state index contributed by atoms with van der Waals surface area (Å²) < 4.78 is 11.4. The Kier molecular flexibility index (Phi) is 5.45. The molecule has 3 nitrogen and oxygen atoms in total. The second-order valence-electron chi connectivity index (χ2n) is 5.28. The summed E-state index contributed by atoms with van der Waals surface area (Å²) in [6.07, 6.45) is 1.01. The van der Waals surface area contributed by atoms with Crippen molar-refractivity contribution in [2.24, 2.45) is 0 Å². The van der Waals surface area contributed by atoms with Crippen molar-refractivity contribution in [1.82, 2.24) is 5.32 Å². The molecule has 2 rings (SSSR count). The topological polar surface area (TPSA) is 34.4 Å². The third-order valence-electron chi connectivity index (χ3n) is 3.46. The molecule has 1 atom stereocenters. The van der Waals surface area contributed by atoms with E-state index in [1.807, 2.05) is 26.0 Å². The predicted octanol–water partition coefficient (Wildman–Crippen LogP) is 4.38. The fourth-order valence-electron chi connectivity index (χ4n) is 2.55. The van der Waals surface area contributed by atoms with Crippen LogP contribution in [0.3, 0.4) is 0 Å². The van der Waals surface area contributed by atoms with E-state index in [4.69, 9.17) is 9.15 Å². The maximum absolute atomic E-state index is 5.74. The number of hydrogen-bond acceptors (Lipinski definition) is 3. The maximum atomic E-state index is 5.74. The van der Waals surface area contributed by atoms with Crippen LogP contribution in [0.1, 0.15) is 49.0 Å². The number of furan rings is 1. The summed E-state index contributed by atoms with van der Waals surface area (Å²) in [6, 6.07) is 10.6. The van der Waals surface area contributed by atoms with Crippen LogP contribution >= 0.6 is 0 Å². The van der Waals surface area contributed by atoms with Crippen LogP contribution in [0.4, 0.5) is 0 Å². The molecule has 0 amide bonds. The number of benzene rings is 1. The van der Waals surface area contributed by atoms with Crippen molar-refractivity contribution in [3.63, 3.8) is 0 Å². The van der Waals surface area contributed by atoms with Crippen molar-refractivity contribution in [3.8, 4) is 5.75 Å². The Morgan fingerprint density at radius 1 is 1.19 bits per heavy atom. The molecular formula is C18H25NO2. The van der Waals surface area contributed by atoms with Crippen molar-refractivity contribution >= 4 is 0 Å². The summed E-state index contributed by atoms with van der Waals surface area (Å²) in [4.78, 5) is 0. The van der Waals surface area contributed by atoms with Gasteiger partial charge in [0.1, 0.15) is 17.3 Å². The molecule has 0 aliphatic rings. The van der Waals surface area contributed by atoms with Gasteiger partial charge in [-0.2, -0.15) is 0 Å². The molecule has 0 aliphatic carbocycles. The third-order valence-corrected chi connectivity index (χ3v) is 3.46. The van der Waals surface area contributed by atoms with E-state index in [1.54, 1.807) is 0 Å². The molecule has 1 aromatic carbocycles. The first kappa shape index (κ1) is 15.6. The molecule has 2 aromatic rings. The third kappa shape index (κ3) is 3.88. The second kappa shape index (κ2) is 7.32. The van der Waals surface area contributed by atoms with Gasteiger partial charge in [0.05, 0.1) is 12.6 Å². The Morgan fingerprint density at radius 2 is 2.00 bits per heavy atom. The van der Waals surface area contributed by atoms with Gasteiger partial charge in [-0.3, -0.25) is 0 Å². The highest BCUT2D eigenvalue weighted by Crippen LogP contribution is 2.29. The molecule has 1 heterocycles. The lowest BCUT2D eigenvalue weighted by Gasteiger charge is -2.19. The van der Waals surface area contributed by atoms with Gasteiger partial charge in [-0.15, -0.1) is 0 Å². The molecule has 1 N–H and O–H groups in total. The zero-order chi connectivity index (χ0) is 15.2. The van der Waals surface area contributed by atoms with Gasteiger partial charge in [0.25, 0.3) is 0 Å². The lowest BCUT2D eigenvalue weighted by molar-refractivity contribution is 0.317. The van der Waals surface area contributed by atoms with E-state index in [2.05, 4.69) is 37.4 Å². The highest BCUT2D eigenvalue weighted by Gasteiger charge is 2.18. The highest BCUT2D eigenvalue weighted by atomic mass is 16.5. The Balaban J connectivity index is 2.31. The molecular weight excluding hydrogens is 262 g/mol. The van der Waals surface area contributed by atoms with E-state index in [-0.39, 0.29) is 6.04 Å². The maximum Gasteiger partial charge on any atom is 0.119 e. The Morgan fingerprint density at radius 3 is 2.62 bits per heavy atom. The minimum Gasteiger partial charge on any atom is -0.494 e. The van der Waals surface area contributed by atoms with Gasteiger partial charge in [-0.1, -0.05) is 26.0 Å². The lowest BCUT2D eigenvalue weighted by atomic mass is 9.98. The van der Waals surface area contributed by atoms with E-state index >= 15 is 0 Å². The average Bonchev–Trinajstić information content (AvgIpc) is 2.81. The molecule has 0 saturated heterocycles. The molecule has 0 spiro atoms. The molecule has 1 aromatic heterocycles. The van der Waals surface area contributed by atoms with Crippen LogP contribution in [0.5, 0.6) is 5.75 Å². The predicted molar refractivity (Wildman–Crippen MR) is 85.9 cm³/mol. The number of aryl methyl sites for hydroxylation is 2. The minimum atomic E-state index is 0.137. The van der Waals surface area contributed by atoms with Crippen molar-refractivity contribution in [2.45, 2.75) is 40.2 Å². The van der Waals surface area contributed by atoms with Crippen LogP contribution in [0.15, 0.2) is 34.7 Å². The number of rotatable bonds is 7. The van der Waals surface area contributed by atoms with Gasteiger partial charge in [-0.05, 0) is 50.6 Å². The zero-order valence-corrected chi connectivity index (χ0v) is 13.4. The number of nitrogens with one attached hydrogen (secondary N) is 1. The van der Waals surface area contributed by atoms with Crippen molar-refractivity contribution in [2.75, 3.05) is 13.2 Å². The van der Waals surface area contributed by atoms with Crippen molar-refractivity contribution in [3.05, 3.63) is 53.0 Å². The summed E-state index contributed by atoms with van der Waals surface area (Å²) in [6.45, 7) is 9.88. The monoisotopic (exact) mass is 287 g/mol. The van der Waals surface area contributed by atoms with E-state index in [9.17, 15) is 0 Å². The summed E-state index contributed by atoms with van der Waals surface area (Å²) in [5, 5.41) is 3.54. The number of hydrogen-bond donors (Lipinski definition) is 1. The molecule has 0 fully saturated rings. The molecule has 0 saturated carbocycles. The fourth-order valence-corrected chi connectivity index (χ4v) is 2.55. The van der Waals surface area contributed by atoms with Crippen LogP contribution in [0, 0.1) is 13.8 Å². The molecule has 1 unspecified atom stereocenters. The summed E-state index contributed by atoms with van der Waals surface area (Å²) >= 11 is 0. The smallest absolute Gasteiger partial charge is 0.119 e. The van der Waals surface area contributed by atoms with Crippen LogP contribution in [0.25, 0.3) is 0 Å². The van der Waals surface area contributed by atoms with E-state index in [1.165, 1.54) is 11.1 Å². The quantitative estimate of drug-likeness (QED) is 0.820.